The average molecular weight is 411 g/mol. The van der Waals surface area contributed by atoms with E-state index in [1.165, 1.54) is 11.1 Å². The van der Waals surface area contributed by atoms with Crippen LogP contribution in [0.3, 0.4) is 0 Å². The van der Waals surface area contributed by atoms with Gasteiger partial charge >= 0.3 is 0 Å². The molecule has 0 saturated heterocycles. The minimum Gasteiger partial charge on any atom is -0.484 e. The minimum absolute atomic E-state index is 0. The van der Waals surface area contributed by atoms with E-state index in [0.29, 0.717) is 5.75 Å². The fourth-order valence-corrected chi connectivity index (χ4v) is 2.55. The molecule has 2 rings (SSSR count). The Morgan fingerprint density at radius 2 is 1.59 bits per heavy atom. The van der Waals surface area contributed by atoms with Gasteiger partial charge in [0, 0.05) is 17.1 Å². The molecule has 148 valence electrons. The van der Waals surface area contributed by atoms with Gasteiger partial charge in [-0.25, -0.2) is 0 Å². The quantitative estimate of drug-likeness (QED) is 0.634. The number of benzene rings is 2. The van der Waals surface area contributed by atoms with Crippen molar-refractivity contribution in [3.63, 3.8) is 0 Å². The molecular weight excluding hydrogens is 383 g/mol. The van der Waals surface area contributed by atoms with E-state index in [1.54, 1.807) is 0 Å². The highest BCUT2D eigenvalue weighted by atomic mass is 35.5. The van der Waals surface area contributed by atoms with Gasteiger partial charge in [0.15, 0.2) is 6.61 Å². The molecule has 4 nitrogen and oxygen atoms in total. The second kappa shape index (κ2) is 11.2. The molecule has 1 amide bonds. The van der Waals surface area contributed by atoms with E-state index in [-0.39, 0.29) is 30.5 Å². The Morgan fingerprint density at radius 1 is 1.00 bits per heavy atom. The van der Waals surface area contributed by atoms with Gasteiger partial charge in [-0.3, -0.25) is 4.79 Å². The minimum atomic E-state index is -0.248. The number of nitrogens with one attached hydrogen (secondary N) is 2. The second-order valence-corrected chi connectivity index (χ2v) is 7.72. The lowest BCUT2D eigenvalue weighted by atomic mass is 10.1. The summed E-state index contributed by atoms with van der Waals surface area (Å²) in [5, 5.41) is 7.06. The third-order valence-corrected chi connectivity index (χ3v) is 3.89. The van der Waals surface area contributed by atoms with Gasteiger partial charge in [0.05, 0.1) is 0 Å². The number of ether oxygens (including phenoxy) is 1. The zero-order valence-corrected chi connectivity index (χ0v) is 17.6. The van der Waals surface area contributed by atoms with Crippen LogP contribution in [0.15, 0.2) is 48.5 Å². The molecule has 2 aromatic rings. The Labute approximate surface area is 173 Å². The zero-order chi connectivity index (χ0) is 19.0. The predicted molar refractivity (Wildman–Crippen MR) is 114 cm³/mol. The number of amides is 1. The fraction of sp³-hybridized carbons (Fsp3) is 0.381. The van der Waals surface area contributed by atoms with Crippen molar-refractivity contribution in [1.29, 1.82) is 0 Å². The molecule has 0 aliphatic heterocycles. The Morgan fingerprint density at radius 3 is 2.19 bits per heavy atom. The summed E-state index contributed by atoms with van der Waals surface area (Å²) < 4.78 is 5.52. The van der Waals surface area contributed by atoms with E-state index >= 15 is 0 Å². The summed E-state index contributed by atoms with van der Waals surface area (Å²) in [4.78, 5) is 11.8. The van der Waals surface area contributed by atoms with Gasteiger partial charge in [-0.1, -0.05) is 35.9 Å². The van der Waals surface area contributed by atoms with Crippen molar-refractivity contribution >= 4 is 29.9 Å². The molecule has 27 heavy (non-hydrogen) atoms. The Bertz CT molecular complexity index is 696. The molecule has 0 aliphatic carbocycles. The van der Waals surface area contributed by atoms with E-state index in [2.05, 4.69) is 10.6 Å². The Balaban J connectivity index is 0.00000364. The molecule has 6 heteroatoms. The molecule has 0 aromatic heterocycles. The SMILES string of the molecule is CC(C)(C)NC(=O)COc1ccc(CNCCc2ccc(Cl)cc2)cc1.Cl. The van der Waals surface area contributed by atoms with Crippen LogP contribution in [0.1, 0.15) is 31.9 Å². The van der Waals surface area contributed by atoms with E-state index in [1.807, 2.05) is 69.3 Å². The van der Waals surface area contributed by atoms with E-state index in [9.17, 15) is 4.79 Å². The first kappa shape index (κ1) is 23.3. The summed E-state index contributed by atoms with van der Waals surface area (Å²) >= 11 is 5.89. The normalized spacial score (nSPS) is 10.8. The fourth-order valence-electron chi connectivity index (χ4n) is 2.42. The summed E-state index contributed by atoms with van der Waals surface area (Å²) in [5.41, 5.74) is 2.19. The first-order valence-electron chi connectivity index (χ1n) is 8.80. The third kappa shape index (κ3) is 9.66. The maximum atomic E-state index is 11.8. The molecule has 0 aliphatic rings. The summed E-state index contributed by atoms with van der Waals surface area (Å²) in [6, 6.07) is 15.7. The molecule has 0 spiro atoms. The van der Waals surface area contributed by atoms with Crippen LogP contribution in [0.4, 0.5) is 0 Å². The Kier molecular flexibility index (Phi) is 9.64. The molecule has 2 aromatic carbocycles. The van der Waals surface area contributed by atoms with Gasteiger partial charge in [0.25, 0.3) is 5.91 Å². The summed E-state index contributed by atoms with van der Waals surface area (Å²) in [7, 11) is 0. The molecule has 0 atom stereocenters. The first-order valence-corrected chi connectivity index (χ1v) is 9.17. The molecule has 2 N–H and O–H groups in total. The van der Waals surface area contributed by atoms with Crippen molar-refractivity contribution in [2.75, 3.05) is 13.2 Å². The number of carbonyl (C=O) groups is 1. The van der Waals surface area contributed by atoms with Crippen LogP contribution in [-0.2, 0) is 17.8 Å². The van der Waals surface area contributed by atoms with E-state index in [0.717, 1.165) is 24.5 Å². The standard InChI is InChI=1S/C21H27ClN2O2.ClH/c1-21(2,3)24-20(25)15-26-19-10-6-17(7-11-19)14-23-13-12-16-4-8-18(22)9-5-16;/h4-11,23H,12-15H2,1-3H3,(H,24,25);1H. The summed E-state index contributed by atoms with van der Waals surface area (Å²) in [5.74, 6) is 0.574. The maximum Gasteiger partial charge on any atom is 0.258 e. The van der Waals surface area contributed by atoms with Crippen LogP contribution in [0.2, 0.25) is 5.02 Å². The highest BCUT2D eigenvalue weighted by molar-refractivity contribution is 6.30. The van der Waals surface area contributed by atoms with Crippen molar-refractivity contribution in [2.45, 2.75) is 39.3 Å². The van der Waals surface area contributed by atoms with Gasteiger partial charge in [-0.15, -0.1) is 12.4 Å². The summed E-state index contributed by atoms with van der Waals surface area (Å²) in [6.45, 7) is 7.54. The highest BCUT2D eigenvalue weighted by Gasteiger charge is 2.13. The number of carbonyl (C=O) groups excluding carboxylic acids is 1. The van der Waals surface area contributed by atoms with Crippen LogP contribution < -0.4 is 15.4 Å². The van der Waals surface area contributed by atoms with Crippen LogP contribution in [0.25, 0.3) is 0 Å². The van der Waals surface area contributed by atoms with Gasteiger partial charge in [-0.05, 0) is 69.1 Å². The highest BCUT2D eigenvalue weighted by Crippen LogP contribution is 2.13. The summed E-state index contributed by atoms with van der Waals surface area (Å²) in [6.07, 6.45) is 0.960. The molecule has 0 radical (unpaired) electrons. The number of halogens is 2. The maximum absolute atomic E-state index is 11.8. The van der Waals surface area contributed by atoms with Gasteiger partial charge < -0.3 is 15.4 Å². The molecule has 0 bridgehead atoms. The van der Waals surface area contributed by atoms with Crippen LogP contribution >= 0.6 is 24.0 Å². The third-order valence-electron chi connectivity index (χ3n) is 3.64. The van der Waals surface area contributed by atoms with Crippen molar-refractivity contribution < 1.29 is 9.53 Å². The van der Waals surface area contributed by atoms with Gasteiger partial charge in [0.1, 0.15) is 5.75 Å². The zero-order valence-electron chi connectivity index (χ0n) is 16.0. The number of hydrogen-bond donors (Lipinski definition) is 2. The predicted octanol–water partition coefficient (Wildman–Crippen LogP) is 4.39. The lowest BCUT2D eigenvalue weighted by Gasteiger charge is -2.20. The van der Waals surface area contributed by atoms with Gasteiger partial charge in [0.2, 0.25) is 0 Å². The molecule has 0 unspecified atom stereocenters. The molecule has 0 saturated carbocycles. The first-order chi connectivity index (χ1) is 12.3. The topological polar surface area (TPSA) is 50.4 Å². The van der Waals surface area contributed by atoms with E-state index in [4.69, 9.17) is 16.3 Å². The molecular formula is C21H28Cl2N2O2. The van der Waals surface area contributed by atoms with Crippen LogP contribution in [0, 0.1) is 0 Å². The van der Waals surface area contributed by atoms with Crippen LogP contribution in [-0.4, -0.2) is 24.6 Å². The lowest BCUT2D eigenvalue weighted by Crippen LogP contribution is -2.43. The molecule has 0 fully saturated rings. The van der Waals surface area contributed by atoms with Crippen LogP contribution in [0.5, 0.6) is 5.75 Å². The lowest BCUT2D eigenvalue weighted by molar-refractivity contribution is -0.124. The Hall–Kier alpha value is -1.75. The average Bonchev–Trinajstić information content (AvgIpc) is 2.58. The molecule has 0 heterocycles. The number of rotatable bonds is 8. The largest absolute Gasteiger partial charge is 0.484 e. The van der Waals surface area contributed by atoms with Gasteiger partial charge in [-0.2, -0.15) is 0 Å². The second-order valence-electron chi connectivity index (χ2n) is 7.28. The van der Waals surface area contributed by atoms with Crippen molar-refractivity contribution in [3.05, 3.63) is 64.7 Å². The van der Waals surface area contributed by atoms with Crippen molar-refractivity contribution in [1.82, 2.24) is 10.6 Å². The number of hydrogen-bond acceptors (Lipinski definition) is 3. The van der Waals surface area contributed by atoms with Crippen molar-refractivity contribution in [3.8, 4) is 5.75 Å². The monoisotopic (exact) mass is 410 g/mol. The van der Waals surface area contributed by atoms with E-state index < -0.39 is 0 Å². The smallest absolute Gasteiger partial charge is 0.258 e. The van der Waals surface area contributed by atoms with Crippen molar-refractivity contribution in [2.24, 2.45) is 0 Å².